The van der Waals surface area contributed by atoms with E-state index < -0.39 is 0 Å². The van der Waals surface area contributed by atoms with E-state index in [-0.39, 0.29) is 17.8 Å². The molecule has 0 aliphatic heterocycles. The monoisotopic (exact) mass is 368 g/mol. The van der Waals surface area contributed by atoms with Crippen molar-refractivity contribution in [3.63, 3.8) is 0 Å². The van der Waals surface area contributed by atoms with Crippen molar-refractivity contribution in [2.24, 2.45) is 0 Å². The fourth-order valence-corrected chi connectivity index (χ4v) is 2.39. The Morgan fingerprint density at radius 1 is 0.852 bits per heavy atom. The van der Waals surface area contributed by atoms with Crippen LogP contribution in [-0.4, -0.2) is 30.9 Å². The van der Waals surface area contributed by atoms with Gasteiger partial charge in [0.15, 0.2) is 0 Å². The zero-order chi connectivity index (χ0) is 19.8. The lowest BCUT2D eigenvalue weighted by molar-refractivity contribution is -0.118. The molecular formula is C20H24N4O3. The number of nitrogens with one attached hydrogen (secondary N) is 4. The van der Waals surface area contributed by atoms with E-state index >= 15 is 0 Å². The molecule has 0 atom stereocenters. The van der Waals surface area contributed by atoms with E-state index in [1.54, 1.807) is 24.3 Å². The number of carbonyl (C=O) groups excluding carboxylic acids is 3. The fourth-order valence-electron chi connectivity index (χ4n) is 2.39. The van der Waals surface area contributed by atoms with E-state index in [1.165, 1.54) is 6.92 Å². The van der Waals surface area contributed by atoms with Gasteiger partial charge in [-0.3, -0.25) is 9.59 Å². The highest BCUT2D eigenvalue weighted by atomic mass is 16.2. The van der Waals surface area contributed by atoms with E-state index in [0.717, 1.165) is 16.8 Å². The van der Waals surface area contributed by atoms with Crippen molar-refractivity contribution in [1.29, 1.82) is 0 Å². The molecule has 2 aromatic carbocycles. The summed E-state index contributed by atoms with van der Waals surface area (Å²) in [6, 6.07) is 11.9. The molecule has 2 rings (SSSR count). The van der Waals surface area contributed by atoms with Gasteiger partial charge < -0.3 is 21.3 Å². The van der Waals surface area contributed by atoms with Gasteiger partial charge in [0.05, 0.1) is 0 Å². The molecule has 7 nitrogen and oxygen atoms in total. The molecule has 0 spiro atoms. The molecule has 0 radical (unpaired) electrons. The smallest absolute Gasteiger partial charge is 0.323 e. The molecule has 0 heterocycles. The van der Waals surface area contributed by atoms with Gasteiger partial charge in [0.25, 0.3) is 5.91 Å². The minimum atomic E-state index is -0.351. The number of amides is 4. The van der Waals surface area contributed by atoms with Crippen LogP contribution in [0.4, 0.5) is 16.2 Å². The van der Waals surface area contributed by atoms with E-state index in [0.29, 0.717) is 24.3 Å². The van der Waals surface area contributed by atoms with Crippen LogP contribution in [0.15, 0.2) is 42.5 Å². The van der Waals surface area contributed by atoms with E-state index in [1.807, 2.05) is 32.0 Å². The quantitative estimate of drug-likeness (QED) is 0.590. The van der Waals surface area contributed by atoms with Crippen LogP contribution in [0.3, 0.4) is 0 Å². The topological polar surface area (TPSA) is 99.3 Å². The van der Waals surface area contributed by atoms with Crippen LogP contribution in [-0.2, 0) is 4.79 Å². The first-order valence-corrected chi connectivity index (χ1v) is 8.63. The van der Waals surface area contributed by atoms with Crippen molar-refractivity contribution >= 4 is 29.2 Å². The molecule has 7 heteroatoms. The first-order valence-electron chi connectivity index (χ1n) is 8.63. The molecule has 0 saturated carbocycles. The Bertz CT molecular complexity index is 832. The lowest BCUT2D eigenvalue weighted by Crippen LogP contribution is -2.33. The summed E-state index contributed by atoms with van der Waals surface area (Å²) in [5.41, 5.74) is 3.91. The summed E-state index contributed by atoms with van der Waals surface area (Å²) < 4.78 is 0. The van der Waals surface area contributed by atoms with Gasteiger partial charge in [0, 0.05) is 37.0 Å². The lowest BCUT2D eigenvalue weighted by atomic mass is 10.1. The SMILES string of the molecule is CC(=O)NCCNC(=O)c1ccc(NC(=O)Nc2cccc(C)c2C)cc1. The van der Waals surface area contributed by atoms with Gasteiger partial charge in [-0.15, -0.1) is 0 Å². The van der Waals surface area contributed by atoms with Gasteiger partial charge in [-0.25, -0.2) is 4.79 Å². The number of benzene rings is 2. The standard InChI is InChI=1S/C20H24N4O3/c1-13-5-4-6-18(14(13)2)24-20(27)23-17-9-7-16(8-10-17)19(26)22-12-11-21-15(3)25/h4-10H,11-12H2,1-3H3,(H,21,25)(H,22,26)(H2,23,24,27). The summed E-state index contributed by atoms with van der Waals surface area (Å²) >= 11 is 0. The van der Waals surface area contributed by atoms with Gasteiger partial charge in [-0.05, 0) is 55.3 Å². The molecular weight excluding hydrogens is 344 g/mol. The van der Waals surface area contributed by atoms with Crippen LogP contribution in [0.5, 0.6) is 0 Å². The molecule has 0 fully saturated rings. The first-order chi connectivity index (χ1) is 12.9. The maximum atomic E-state index is 12.2. The van der Waals surface area contributed by atoms with Crippen molar-refractivity contribution in [1.82, 2.24) is 10.6 Å². The maximum Gasteiger partial charge on any atom is 0.323 e. The third-order valence-corrected chi connectivity index (χ3v) is 4.04. The Hall–Kier alpha value is -3.35. The number of hydrogen-bond donors (Lipinski definition) is 4. The van der Waals surface area contributed by atoms with Crippen LogP contribution in [0, 0.1) is 13.8 Å². The molecule has 0 aromatic heterocycles. The summed E-state index contributed by atoms with van der Waals surface area (Å²) in [6.07, 6.45) is 0. The number of anilines is 2. The highest BCUT2D eigenvalue weighted by Gasteiger charge is 2.08. The van der Waals surface area contributed by atoms with Crippen molar-refractivity contribution in [3.8, 4) is 0 Å². The zero-order valence-electron chi connectivity index (χ0n) is 15.7. The molecule has 4 N–H and O–H groups in total. The van der Waals surface area contributed by atoms with Crippen molar-refractivity contribution in [2.45, 2.75) is 20.8 Å². The van der Waals surface area contributed by atoms with Crippen molar-refractivity contribution in [2.75, 3.05) is 23.7 Å². The molecule has 4 amide bonds. The minimum Gasteiger partial charge on any atom is -0.355 e. The minimum absolute atomic E-state index is 0.140. The number of hydrogen-bond acceptors (Lipinski definition) is 3. The molecule has 0 saturated heterocycles. The average molecular weight is 368 g/mol. The van der Waals surface area contributed by atoms with Gasteiger partial charge in [-0.2, -0.15) is 0 Å². The highest BCUT2D eigenvalue weighted by molar-refractivity contribution is 6.01. The summed E-state index contributed by atoms with van der Waals surface area (Å²) in [6.45, 7) is 6.07. The Kier molecular flexibility index (Phi) is 6.93. The first kappa shape index (κ1) is 20.0. The Labute approximate surface area is 158 Å². The lowest BCUT2D eigenvalue weighted by Gasteiger charge is -2.12. The van der Waals surface area contributed by atoms with Crippen LogP contribution < -0.4 is 21.3 Å². The molecule has 0 unspecified atom stereocenters. The highest BCUT2D eigenvalue weighted by Crippen LogP contribution is 2.18. The molecule has 2 aromatic rings. The van der Waals surface area contributed by atoms with Gasteiger partial charge in [0.1, 0.15) is 0 Å². The van der Waals surface area contributed by atoms with Crippen molar-refractivity contribution < 1.29 is 14.4 Å². The Morgan fingerprint density at radius 2 is 1.52 bits per heavy atom. The van der Waals surface area contributed by atoms with E-state index in [2.05, 4.69) is 21.3 Å². The largest absolute Gasteiger partial charge is 0.355 e. The third kappa shape index (κ3) is 6.14. The zero-order valence-corrected chi connectivity index (χ0v) is 15.7. The van der Waals surface area contributed by atoms with Gasteiger partial charge >= 0.3 is 6.03 Å². The number of rotatable bonds is 6. The number of carbonyl (C=O) groups is 3. The normalized spacial score (nSPS) is 10.0. The van der Waals surface area contributed by atoms with Crippen LogP contribution >= 0.6 is 0 Å². The van der Waals surface area contributed by atoms with Crippen LogP contribution in [0.1, 0.15) is 28.4 Å². The molecule has 0 bridgehead atoms. The van der Waals surface area contributed by atoms with Gasteiger partial charge in [-0.1, -0.05) is 12.1 Å². The third-order valence-electron chi connectivity index (χ3n) is 4.04. The Morgan fingerprint density at radius 3 is 2.19 bits per heavy atom. The predicted molar refractivity (Wildman–Crippen MR) is 106 cm³/mol. The second kappa shape index (κ2) is 9.38. The van der Waals surface area contributed by atoms with Crippen LogP contribution in [0.25, 0.3) is 0 Å². The second-order valence-corrected chi connectivity index (χ2v) is 6.14. The second-order valence-electron chi connectivity index (χ2n) is 6.14. The maximum absolute atomic E-state index is 12.2. The Balaban J connectivity index is 1.87. The summed E-state index contributed by atoms with van der Waals surface area (Å²) in [5.74, 6) is -0.384. The van der Waals surface area contributed by atoms with Gasteiger partial charge in [0.2, 0.25) is 5.91 Å². The number of aryl methyl sites for hydroxylation is 1. The predicted octanol–water partition coefficient (Wildman–Crippen LogP) is 2.81. The average Bonchev–Trinajstić information content (AvgIpc) is 2.63. The van der Waals surface area contributed by atoms with E-state index in [9.17, 15) is 14.4 Å². The molecule has 0 aliphatic rings. The number of urea groups is 1. The fraction of sp³-hybridized carbons (Fsp3) is 0.250. The molecule has 27 heavy (non-hydrogen) atoms. The van der Waals surface area contributed by atoms with Crippen LogP contribution in [0.2, 0.25) is 0 Å². The molecule has 142 valence electrons. The molecule has 0 aliphatic carbocycles. The van der Waals surface area contributed by atoms with Crippen molar-refractivity contribution in [3.05, 3.63) is 59.2 Å². The summed E-state index contributed by atoms with van der Waals surface area (Å²) in [7, 11) is 0. The summed E-state index contributed by atoms with van der Waals surface area (Å²) in [4.78, 5) is 34.9. The summed E-state index contributed by atoms with van der Waals surface area (Å²) in [5, 5.41) is 10.9. The van der Waals surface area contributed by atoms with E-state index in [4.69, 9.17) is 0 Å².